The Morgan fingerprint density at radius 2 is 2.44 bits per heavy atom. The molecule has 0 saturated heterocycles. The fraction of sp³-hybridized carbons (Fsp3) is 0.231. The molecule has 0 saturated carbocycles. The first-order valence-corrected chi connectivity index (χ1v) is 5.48. The van der Waals surface area contributed by atoms with Crippen molar-refractivity contribution in [1.82, 2.24) is 5.43 Å². The Morgan fingerprint density at radius 1 is 1.67 bits per heavy atom. The Hall–Kier alpha value is -2.14. The lowest BCUT2D eigenvalue weighted by Crippen LogP contribution is -2.28. The van der Waals surface area contributed by atoms with Crippen molar-refractivity contribution in [3.63, 3.8) is 0 Å². The van der Waals surface area contributed by atoms with Crippen LogP contribution in [-0.4, -0.2) is 29.9 Å². The van der Waals surface area contributed by atoms with E-state index in [1.54, 1.807) is 12.1 Å². The number of amides is 1. The molecule has 0 aromatic heterocycles. The van der Waals surface area contributed by atoms with Crippen LogP contribution in [0, 0.1) is 0 Å². The van der Waals surface area contributed by atoms with Crippen LogP contribution in [0.25, 0.3) is 0 Å². The summed E-state index contributed by atoms with van der Waals surface area (Å²) in [5.74, 6) is 0.144. The summed E-state index contributed by atoms with van der Waals surface area (Å²) in [6.45, 7) is 5.36. The van der Waals surface area contributed by atoms with Crippen molar-refractivity contribution in [2.75, 3.05) is 6.61 Å². The molecule has 0 unspecified atom stereocenters. The summed E-state index contributed by atoms with van der Waals surface area (Å²) in [6.07, 6.45) is 2.05. The fourth-order valence-electron chi connectivity index (χ4n) is 1.10. The number of aliphatic hydroxyl groups is 1. The fourth-order valence-corrected chi connectivity index (χ4v) is 1.10. The second kappa shape index (κ2) is 7.24. The lowest BCUT2D eigenvalue weighted by atomic mass is 10.2. The van der Waals surface area contributed by atoms with Gasteiger partial charge in [0.15, 0.2) is 0 Å². The molecule has 2 N–H and O–H groups in total. The van der Waals surface area contributed by atoms with Crippen molar-refractivity contribution in [3.05, 3.63) is 42.5 Å². The highest BCUT2D eigenvalue weighted by atomic mass is 16.5. The van der Waals surface area contributed by atoms with Gasteiger partial charge in [0, 0.05) is 0 Å². The first kappa shape index (κ1) is 13.9. The van der Waals surface area contributed by atoms with Crippen LogP contribution < -0.4 is 10.2 Å². The van der Waals surface area contributed by atoms with E-state index in [1.807, 2.05) is 18.2 Å². The number of rotatable bonds is 6. The van der Waals surface area contributed by atoms with E-state index in [9.17, 15) is 4.79 Å². The van der Waals surface area contributed by atoms with Crippen LogP contribution >= 0.6 is 0 Å². The van der Waals surface area contributed by atoms with Crippen molar-refractivity contribution in [2.45, 2.75) is 13.0 Å². The van der Waals surface area contributed by atoms with Crippen LogP contribution in [0.1, 0.15) is 12.5 Å². The van der Waals surface area contributed by atoms with E-state index in [4.69, 9.17) is 9.84 Å². The van der Waals surface area contributed by atoms with Crippen LogP contribution in [0.5, 0.6) is 5.75 Å². The Morgan fingerprint density at radius 3 is 3.11 bits per heavy atom. The molecule has 0 radical (unpaired) electrons. The minimum absolute atomic E-state index is 0.430. The summed E-state index contributed by atoms with van der Waals surface area (Å²) in [5.41, 5.74) is 3.00. The van der Waals surface area contributed by atoms with Gasteiger partial charge in [-0.05, 0) is 24.6 Å². The predicted octanol–water partition coefficient (Wildman–Crippen LogP) is 1.08. The zero-order chi connectivity index (χ0) is 13.4. The van der Waals surface area contributed by atoms with Crippen LogP contribution in [-0.2, 0) is 4.79 Å². The number of hydrogen-bond donors (Lipinski definition) is 2. The van der Waals surface area contributed by atoms with Gasteiger partial charge in [0.25, 0.3) is 5.91 Å². The second-order valence-electron chi connectivity index (χ2n) is 3.58. The number of nitrogens with zero attached hydrogens (tertiary/aromatic N) is 1. The summed E-state index contributed by atoms with van der Waals surface area (Å²) >= 11 is 0. The Labute approximate surface area is 106 Å². The first-order chi connectivity index (χ1) is 8.63. The van der Waals surface area contributed by atoms with Crippen LogP contribution in [0.2, 0.25) is 0 Å². The smallest absolute Gasteiger partial charge is 0.268 e. The second-order valence-corrected chi connectivity index (χ2v) is 3.58. The van der Waals surface area contributed by atoms with Crippen molar-refractivity contribution < 1.29 is 14.6 Å². The van der Waals surface area contributed by atoms with E-state index in [-0.39, 0.29) is 0 Å². The van der Waals surface area contributed by atoms with Gasteiger partial charge < -0.3 is 9.84 Å². The summed E-state index contributed by atoms with van der Waals surface area (Å²) in [6, 6.07) is 7.23. The third-order valence-electron chi connectivity index (χ3n) is 1.99. The number of hydrogen-bond acceptors (Lipinski definition) is 4. The van der Waals surface area contributed by atoms with E-state index in [1.165, 1.54) is 13.1 Å². The standard InChI is InChI=1S/C13H16N2O3/c1-3-7-18-12-6-4-5-11(8-12)9-14-15-13(17)10(2)16/h3-6,8-10,16H,1,7H2,2H3,(H,15,17)/b14-9-/t10-/m0/s1. The molecule has 5 nitrogen and oxygen atoms in total. The molecular formula is C13H16N2O3. The normalized spacial score (nSPS) is 12.1. The zero-order valence-electron chi connectivity index (χ0n) is 10.2. The molecule has 96 valence electrons. The lowest BCUT2D eigenvalue weighted by molar-refractivity contribution is -0.128. The van der Waals surface area contributed by atoms with Gasteiger partial charge in [-0.15, -0.1) is 0 Å². The van der Waals surface area contributed by atoms with E-state index in [2.05, 4.69) is 17.1 Å². The topological polar surface area (TPSA) is 70.9 Å². The van der Waals surface area contributed by atoms with Gasteiger partial charge in [0.2, 0.25) is 0 Å². The predicted molar refractivity (Wildman–Crippen MR) is 69.6 cm³/mol. The highest BCUT2D eigenvalue weighted by Crippen LogP contribution is 2.11. The monoisotopic (exact) mass is 248 g/mol. The summed E-state index contributed by atoms with van der Waals surface area (Å²) in [4.78, 5) is 11.0. The number of ether oxygens (including phenoxy) is 1. The minimum atomic E-state index is -1.08. The molecule has 0 aliphatic heterocycles. The number of nitrogens with one attached hydrogen (secondary N) is 1. The molecule has 0 fully saturated rings. The molecule has 0 spiro atoms. The maximum absolute atomic E-state index is 11.0. The molecule has 0 aliphatic rings. The van der Waals surface area contributed by atoms with E-state index in [0.29, 0.717) is 12.4 Å². The zero-order valence-corrected chi connectivity index (χ0v) is 10.2. The van der Waals surface area contributed by atoms with Crippen LogP contribution in [0.3, 0.4) is 0 Å². The molecule has 1 aromatic carbocycles. The van der Waals surface area contributed by atoms with Crippen molar-refractivity contribution >= 4 is 12.1 Å². The third kappa shape index (κ3) is 4.80. The average Bonchev–Trinajstić information content (AvgIpc) is 2.36. The average molecular weight is 248 g/mol. The van der Waals surface area contributed by atoms with E-state index < -0.39 is 12.0 Å². The van der Waals surface area contributed by atoms with Gasteiger partial charge in [-0.25, -0.2) is 5.43 Å². The van der Waals surface area contributed by atoms with Gasteiger partial charge in [0.1, 0.15) is 18.5 Å². The number of aliphatic hydroxyl groups excluding tert-OH is 1. The molecule has 1 rings (SSSR count). The molecule has 0 heterocycles. The molecule has 1 aromatic rings. The molecule has 1 atom stereocenters. The largest absolute Gasteiger partial charge is 0.490 e. The van der Waals surface area contributed by atoms with Crippen molar-refractivity contribution in [3.8, 4) is 5.75 Å². The maximum atomic E-state index is 11.0. The number of hydrazone groups is 1. The van der Waals surface area contributed by atoms with Gasteiger partial charge in [-0.2, -0.15) is 5.10 Å². The SMILES string of the molecule is C=CCOc1cccc(/C=N\NC(=O)[C@H](C)O)c1. The van der Waals surface area contributed by atoms with E-state index >= 15 is 0 Å². The lowest BCUT2D eigenvalue weighted by Gasteiger charge is -2.03. The van der Waals surface area contributed by atoms with Gasteiger partial charge in [-0.1, -0.05) is 24.8 Å². The highest BCUT2D eigenvalue weighted by Gasteiger charge is 2.05. The number of carbonyl (C=O) groups excluding carboxylic acids is 1. The third-order valence-corrected chi connectivity index (χ3v) is 1.99. The summed E-state index contributed by atoms with van der Waals surface area (Å²) < 4.78 is 5.35. The molecule has 1 amide bonds. The quantitative estimate of drug-likeness (QED) is 0.449. The van der Waals surface area contributed by atoms with E-state index in [0.717, 1.165) is 5.56 Å². The summed E-state index contributed by atoms with van der Waals surface area (Å²) in [5, 5.41) is 12.7. The molecule has 0 bridgehead atoms. The van der Waals surface area contributed by atoms with Crippen LogP contribution in [0.15, 0.2) is 42.0 Å². The minimum Gasteiger partial charge on any atom is -0.490 e. The molecule has 18 heavy (non-hydrogen) atoms. The number of carbonyl (C=O) groups is 1. The molecule has 0 aliphatic carbocycles. The van der Waals surface area contributed by atoms with Gasteiger partial charge >= 0.3 is 0 Å². The van der Waals surface area contributed by atoms with Gasteiger partial charge in [-0.3, -0.25) is 4.79 Å². The van der Waals surface area contributed by atoms with Gasteiger partial charge in [0.05, 0.1) is 6.21 Å². The highest BCUT2D eigenvalue weighted by molar-refractivity contribution is 5.84. The molecular weight excluding hydrogens is 232 g/mol. The maximum Gasteiger partial charge on any atom is 0.268 e. The first-order valence-electron chi connectivity index (χ1n) is 5.48. The van der Waals surface area contributed by atoms with Crippen molar-refractivity contribution in [1.29, 1.82) is 0 Å². The Kier molecular flexibility index (Phi) is 5.60. The Balaban J connectivity index is 2.58. The van der Waals surface area contributed by atoms with Crippen LogP contribution in [0.4, 0.5) is 0 Å². The van der Waals surface area contributed by atoms with Crippen molar-refractivity contribution in [2.24, 2.45) is 5.10 Å². The Bertz CT molecular complexity index is 442. The number of benzene rings is 1. The molecule has 5 heteroatoms. The summed E-state index contributed by atoms with van der Waals surface area (Å²) in [7, 11) is 0.